The third-order valence-electron chi connectivity index (χ3n) is 3.19. The molecule has 1 aliphatic rings. The summed E-state index contributed by atoms with van der Waals surface area (Å²) in [6.07, 6.45) is 1.43. The summed E-state index contributed by atoms with van der Waals surface area (Å²) >= 11 is 0. The quantitative estimate of drug-likeness (QED) is 0.781. The van der Waals surface area contributed by atoms with E-state index in [0.717, 1.165) is 11.1 Å². The van der Waals surface area contributed by atoms with Crippen LogP contribution in [-0.2, 0) is 5.60 Å². The number of phenolic OH excluding ortho intramolecular Hbond substituents is 1. The molecule has 1 aliphatic carbocycles. The second-order valence-corrected chi connectivity index (χ2v) is 4.28. The molecule has 0 amide bonds. The molecule has 3 heteroatoms. The van der Waals surface area contributed by atoms with E-state index in [4.69, 9.17) is 4.74 Å². The number of ether oxygens (including phenoxy) is 1. The third-order valence-corrected chi connectivity index (χ3v) is 3.19. The van der Waals surface area contributed by atoms with Crippen molar-refractivity contribution in [2.75, 3.05) is 7.11 Å². The highest BCUT2D eigenvalue weighted by atomic mass is 16.5. The van der Waals surface area contributed by atoms with Gasteiger partial charge in [-0.2, -0.15) is 0 Å². The lowest BCUT2D eigenvalue weighted by Gasteiger charge is -2.18. The van der Waals surface area contributed by atoms with Crippen LogP contribution in [0.5, 0.6) is 11.5 Å². The van der Waals surface area contributed by atoms with Crippen molar-refractivity contribution in [3.05, 3.63) is 22.8 Å². The second kappa shape index (κ2) is 3.14. The van der Waals surface area contributed by atoms with Crippen LogP contribution in [0.1, 0.15) is 29.5 Å². The summed E-state index contributed by atoms with van der Waals surface area (Å²) in [5.74, 6) is 0.522. The number of benzene rings is 1. The van der Waals surface area contributed by atoms with Crippen molar-refractivity contribution in [1.29, 1.82) is 0 Å². The van der Waals surface area contributed by atoms with E-state index in [1.165, 1.54) is 7.11 Å². The number of aliphatic hydroxyl groups is 1. The summed E-state index contributed by atoms with van der Waals surface area (Å²) in [4.78, 5) is 0. The Bertz CT molecular complexity index is 406. The van der Waals surface area contributed by atoms with Gasteiger partial charge in [-0.3, -0.25) is 0 Å². The maximum Gasteiger partial charge on any atom is 0.164 e. The first-order valence-corrected chi connectivity index (χ1v) is 5.09. The van der Waals surface area contributed by atoms with E-state index in [1.807, 2.05) is 13.8 Å². The van der Waals surface area contributed by atoms with Gasteiger partial charge in [0, 0.05) is 5.56 Å². The minimum Gasteiger partial charge on any atom is -0.504 e. The maximum absolute atomic E-state index is 10.1. The lowest BCUT2D eigenvalue weighted by molar-refractivity contribution is 0.146. The van der Waals surface area contributed by atoms with Crippen LogP contribution in [-0.4, -0.2) is 17.3 Å². The fourth-order valence-corrected chi connectivity index (χ4v) is 1.96. The zero-order valence-corrected chi connectivity index (χ0v) is 9.29. The van der Waals surface area contributed by atoms with Crippen LogP contribution in [0, 0.1) is 13.8 Å². The molecule has 0 aromatic heterocycles. The fraction of sp³-hybridized carbons (Fsp3) is 0.500. The molecule has 82 valence electrons. The second-order valence-electron chi connectivity index (χ2n) is 4.28. The maximum atomic E-state index is 10.1. The van der Waals surface area contributed by atoms with Gasteiger partial charge in [-0.15, -0.1) is 0 Å². The molecule has 0 heterocycles. The molecule has 1 aromatic carbocycles. The largest absolute Gasteiger partial charge is 0.504 e. The van der Waals surface area contributed by atoms with Gasteiger partial charge in [0.05, 0.1) is 12.7 Å². The van der Waals surface area contributed by atoms with Crippen molar-refractivity contribution in [2.45, 2.75) is 32.3 Å². The molecule has 2 rings (SSSR count). The molecule has 0 spiro atoms. The minimum absolute atomic E-state index is 0.0839. The molecule has 0 unspecified atom stereocenters. The van der Waals surface area contributed by atoms with Crippen molar-refractivity contribution in [3.63, 3.8) is 0 Å². The smallest absolute Gasteiger partial charge is 0.164 e. The molecule has 0 bridgehead atoms. The summed E-state index contributed by atoms with van der Waals surface area (Å²) in [5, 5.41) is 20.1. The molecule has 1 aromatic rings. The monoisotopic (exact) mass is 208 g/mol. The van der Waals surface area contributed by atoms with Crippen molar-refractivity contribution in [1.82, 2.24) is 0 Å². The van der Waals surface area contributed by atoms with Crippen LogP contribution >= 0.6 is 0 Å². The van der Waals surface area contributed by atoms with Crippen LogP contribution in [0.15, 0.2) is 6.07 Å². The molecule has 0 radical (unpaired) electrons. The Morgan fingerprint density at radius 2 is 1.93 bits per heavy atom. The number of aryl methyl sites for hydroxylation is 1. The van der Waals surface area contributed by atoms with Crippen molar-refractivity contribution in [3.8, 4) is 11.5 Å². The zero-order chi connectivity index (χ0) is 11.2. The molecule has 0 atom stereocenters. The predicted molar refractivity (Wildman–Crippen MR) is 57.3 cm³/mol. The third kappa shape index (κ3) is 1.47. The van der Waals surface area contributed by atoms with E-state index < -0.39 is 5.60 Å². The standard InChI is InChI=1S/C12H16O3/c1-7-6-9(15-3)11(13)10(8(7)2)12(14)4-5-12/h6,13-14H,4-5H2,1-3H3. The van der Waals surface area contributed by atoms with E-state index in [2.05, 4.69) is 0 Å². The topological polar surface area (TPSA) is 49.7 Å². The first-order valence-electron chi connectivity index (χ1n) is 5.09. The van der Waals surface area contributed by atoms with Gasteiger partial charge in [0.2, 0.25) is 0 Å². The van der Waals surface area contributed by atoms with Crippen molar-refractivity contribution >= 4 is 0 Å². The molecule has 1 fully saturated rings. The van der Waals surface area contributed by atoms with Gasteiger partial charge < -0.3 is 14.9 Å². The highest BCUT2D eigenvalue weighted by molar-refractivity contribution is 5.56. The number of phenols is 1. The average molecular weight is 208 g/mol. The van der Waals surface area contributed by atoms with E-state index in [1.54, 1.807) is 6.07 Å². The lowest BCUT2D eigenvalue weighted by Crippen LogP contribution is -2.09. The van der Waals surface area contributed by atoms with Gasteiger partial charge in [-0.1, -0.05) is 0 Å². The highest BCUT2D eigenvalue weighted by Gasteiger charge is 2.46. The summed E-state index contributed by atoms with van der Waals surface area (Å²) in [5.41, 5.74) is 1.79. The molecule has 15 heavy (non-hydrogen) atoms. The van der Waals surface area contributed by atoms with Crippen molar-refractivity contribution in [2.24, 2.45) is 0 Å². The van der Waals surface area contributed by atoms with Gasteiger partial charge in [0.25, 0.3) is 0 Å². The van der Waals surface area contributed by atoms with Crippen molar-refractivity contribution < 1.29 is 14.9 Å². The fourth-order valence-electron chi connectivity index (χ4n) is 1.96. The van der Waals surface area contributed by atoms with Crippen LogP contribution in [0.2, 0.25) is 0 Å². The van der Waals surface area contributed by atoms with Crippen LogP contribution in [0.3, 0.4) is 0 Å². The first kappa shape index (κ1) is 10.3. The lowest BCUT2D eigenvalue weighted by atomic mass is 9.96. The van der Waals surface area contributed by atoms with Gasteiger partial charge in [-0.05, 0) is 43.9 Å². The summed E-state index contributed by atoms with van der Waals surface area (Å²) < 4.78 is 5.08. The number of aromatic hydroxyl groups is 1. The molecule has 0 aliphatic heterocycles. The Labute approximate surface area is 89.3 Å². The Morgan fingerprint density at radius 3 is 2.40 bits per heavy atom. The van der Waals surface area contributed by atoms with Gasteiger partial charge >= 0.3 is 0 Å². The number of rotatable bonds is 2. The van der Waals surface area contributed by atoms with Crippen LogP contribution in [0.4, 0.5) is 0 Å². The van der Waals surface area contributed by atoms with Gasteiger partial charge in [0.1, 0.15) is 0 Å². The van der Waals surface area contributed by atoms with E-state index in [9.17, 15) is 10.2 Å². The summed E-state index contributed by atoms with van der Waals surface area (Å²) in [6.45, 7) is 3.87. The van der Waals surface area contributed by atoms with Crippen LogP contribution < -0.4 is 4.74 Å². The average Bonchev–Trinajstić information content (AvgIpc) is 2.91. The van der Waals surface area contributed by atoms with E-state index in [0.29, 0.717) is 24.2 Å². The molecular formula is C12H16O3. The zero-order valence-electron chi connectivity index (χ0n) is 9.29. The van der Waals surface area contributed by atoms with Gasteiger partial charge in [-0.25, -0.2) is 0 Å². The molecule has 2 N–H and O–H groups in total. The Kier molecular flexibility index (Phi) is 2.15. The van der Waals surface area contributed by atoms with E-state index in [-0.39, 0.29) is 5.75 Å². The molecule has 0 saturated heterocycles. The predicted octanol–water partition coefficient (Wildman–Crippen LogP) is 2.00. The highest BCUT2D eigenvalue weighted by Crippen LogP contribution is 2.52. The SMILES string of the molecule is COc1cc(C)c(C)c(C2(O)CC2)c1O. The Balaban J connectivity index is 2.65. The number of methoxy groups -OCH3 is 1. The first-order chi connectivity index (χ1) is 6.99. The normalized spacial score (nSPS) is 17.6. The molecular weight excluding hydrogens is 192 g/mol. The molecule has 1 saturated carbocycles. The Morgan fingerprint density at radius 1 is 1.33 bits per heavy atom. The molecule has 3 nitrogen and oxygen atoms in total. The van der Waals surface area contributed by atoms with E-state index >= 15 is 0 Å². The number of hydrogen-bond donors (Lipinski definition) is 2. The summed E-state index contributed by atoms with van der Waals surface area (Å²) in [6, 6.07) is 1.79. The Hall–Kier alpha value is -1.22. The number of hydrogen-bond acceptors (Lipinski definition) is 3. The summed E-state index contributed by atoms with van der Waals surface area (Å²) in [7, 11) is 1.52. The minimum atomic E-state index is -0.826. The van der Waals surface area contributed by atoms with Crippen LogP contribution in [0.25, 0.3) is 0 Å². The van der Waals surface area contributed by atoms with Gasteiger partial charge in [0.15, 0.2) is 11.5 Å².